The Balaban J connectivity index is 1.28. The summed E-state index contributed by atoms with van der Waals surface area (Å²) in [5.41, 5.74) is 7.27. The molecule has 4 heteroatoms. The average Bonchev–Trinajstić information content (AvgIpc) is 3.33. The molecular weight excluding hydrogens is 432 g/mol. The highest BCUT2D eigenvalue weighted by Gasteiger charge is 2.20. The van der Waals surface area contributed by atoms with E-state index in [-0.39, 0.29) is 5.91 Å². The van der Waals surface area contributed by atoms with E-state index in [2.05, 4.69) is 72.7 Å². The van der Waals surface area contributed by atoms with Gasteiger partial charge in [-0.25, -0.2) is 0 Å². The topological polar surface area (TPSA) is 41.6 Å². The van der Waals surface area contributed by atoms with Gasteiger partial charge in [0.1, 0.15) is 5.75 Å². The molecule has 0 bridgehead atoms. The lowest BCUT2D eigenvalue weighted by molar-refractivity contribution is -0.113. The number of hydrogen-bond acceptors (Lipinski definition) is 3. The van der Waals surface area contributed by atoms with Crippen molar-refractivity contribution in [3.8, 4) is 16.9 Å². The van der Waals surface area contributed by atoms with Gasteiger partial charge in [0.2, 0.25) is 0 Å². The molecule has 1 aliphatic heterocycles. The number of carbonyl (C=O) groups excluding carboxylic acids is 1. The Bertz CT molecular complexity index is 1210. The number of rotatable bonds is 6. The highest BCUT2D eigenvalue weighted by molar-refractivity contribution is 6.07. The SMILES string of the molecule is Cc1ccc(-c2ccc3c(c2)C=C(C(=O)Nc2ccc(CN(C)C4CCCC4)cc2)CCO3)cc1. The van der Waals surface area contributed by atoms with E-state index >= 15 is 0 Å². The number of ether oxygens (including phenoxy) is 1. The maximum atomic E-state index is 13.1. The number of nitrogens with one attached hydrogen (secondary N) is 1. The quantitative estimate of drug-likeness (QED) is 0.432. The number of anilines is 1. The summed E-state index contributed by atoms with van der Waals surface area (Å²) in [6, 6.07) is 23.6. The summed E-state index contributed by atoms with van der Waals surface area (Å²) in [7, 11) is 2.22. The van der Waals surface area contributed by atoms with Gasteiger partial charge in [0.15, 0.2) is 0 Å². The Labute approximate surface area is 208 Å². The van der Waals surface area contributed by atoms with Gasteiger partial charge in [-0.2, -0.15) is 0 Å². The zero-order chi connectivity index (χ0) is 24.2. The number of carbonyl (C=O) groups is 1. The van der Waals surface area contributed by atoms with Crippen LogP contribution in [0.4, 0.5) is 5.69 Å². The van der Waals surface area contributed by atoms with Crippen LogP contribution >= 0.6 is 0 Å². The maximum absolute atomic E-state index is 13.1. The van der Waals surface area contributed by atoms with Crippen molar-refractivity contribution in [3.63, 3.8) is 0 Å². The van der Waals surface area contributed by atoms with Crippen LogP contribution in [0, 0.1) is 6.92 Å². The number of amides is 1. The van der Waals surface area contributed by atoms with Crippen molar-refractivity contribution in [2.24, 2.45) is 0 Å². The summed E-state index contributed by atoms with van der Waals surface area (Å²) in [4.78, 5) is 15.6. The molecule has 180 valence electrons. The summed E-state index contributed by atoms with van der Waals surface area (Å²) in [6.07, 6.45) is 7.85. The summed E-state index contributed by atoms with van der Waals surface area (Å²) in [6.45, 7) is 3.52. The normalized spacial score (nSPS) is 15.8. The van der Waals surface area contributed by atoms with Crippen LogP contribution in [0.2, 0.25) is 0 Å². The minimum absolute atomic E-state index is 0.0713. The van der Waals surface area contributed by atoms with E-state index in [9.17, 15) is 4.79 Å². The van der Waals surface area contributed by atoms with Crippen LogP contribution < -0.4 is 10.1 Å². The second-order valence-corrected chi connectivity index (χ2v) is 9.89. The van der Waals surface area contributed by atoms with Gasteiger partial charge in [0.05, 0.1) is 6.61 Å². The average molecular weight is 467 g/mol. The van der Waals surface area contributed by atoms with Crippen LogP contribution in [0.15, 0.2) is 72.3 Å². The van der Waals surface area contributed by atoms with Crippen molar-refractivity contribution in [1.82, 2.24) is 4.90 Å². The second kappa shape index (κ2) is 10.5. The Hall–Kier alpha value is -3.37. The molecule has 0 aromatic heterocycles. The van der Waals surface area contributed by atoms with Gasteiger partial charge in [0.25, 0.3) is 5.91 Å². The molecule has 1 aliphatic carbocycles. The van der Waals surface area contributed by atoms with E-state index in [1.807, 2.05) is 24.3 Å². The molecule has 3 aromatic rings. The predicted octanol–water partition coefficient (Wildman–Crippen LogP) is 6.84. The fraction of sp³-hybridized carbons (Fsp3) is 0.323. The first-order valence-electron chi connectivity index (χ1n) is 12.7. The Morgan fingerprint density at radius 1 is 0.971 bits per heavy atom. The third-order valence-electron chi connectivity index (χ3n) is 7.24. The zero-order valence-corrected chi connectivity index (χ0v) is 20.7. The van der Waals surface area contributed by atoms with Crippen molar-refractivity contribution in [3.05, 3.63) is 89.0 Å². The monoisotopic (exact) mass is 466 g/mol. The number of hydrogen-bond donors (Lipinski definition) is 1. The lowest BCUT2D eigenvalue weighted by atomic mass is 10.00. The molecular formula is C31H34N2O2. The molecule has 0 atom stereocenters. The number of fused-ring (bicyclic) bond motifs is 1. The number of benzene rings is 3. The first-order valence-corrected chi connectivity index (χ1v) is 12.7. The lowest BCUT2D eigenvalue weighted by Crippen LogP contribution is -2.28. The Kier molecular flexibility index (Phi) is 7.01. The minimum atomic E-state index is -0.0713. The Morgan fingerprint density at radius 3 is 2.43 bits per heavy atom. The van der Waals surface area contributed by atoms with E-state index in [4.69, 9.17) is 4.74 Å². The first kappa shape index (κ1) is 23.4. The molecule has 0 saturated heterocycles. The van der Waals surface area contributed by atoms with E-state index in [0.29, 0.717) is 19.1 Å². The van der Waals surface area contributed by atoms with Crippen molar-refractivity contribution in [1.29, 1.82) is 0 Å². The summed E-state index contributed by atoms with van der Waals surface area (Å²) in [5.74, 6) is 0.748. The molecule has 1 saturated carbocycles. The largest absolute Gasteiger partial charge is 0.493 e. The van der Waals surface area contributed by atoms with Crippen LogP contribution in [-0.4, -0.2) is 30.5 Å². The maximum Gasteiger partial charge on any atom is 0.251 e. The van der Waals surface area contributed by atoms with Gasteiger partial charge in [-0.05, 0) is 73.8 Å². The molecule has 2 aliphatic rings. The fourth-order valence-electron chi connectivity index (χ4n) is 5.10. The van der Waals surface area contributed by atoms with Gasteiger partial charge < -0.3 is 10.1 Å². The molecule has 1 N–H and O–H groups in total. The third kappa shape index (κ3) is 5.66. The highest BCUT2D eigenvalue weighted by atomic mass is 16.5. The van der Waals surface area contributed by atoms with Crippen LogP contribution in [0.3, 0.4) is 0 Å². The second-order valence-electron chi connectivity index (χ2n) is 9.89. The summed E-state index contributed by atoms with van der Waals surface area (Å²) in [5, 5.41) is 3.08. The van der Waals surface area contributed by atoms with Crippen molar-refractivity contribution in [2.75, 3.05) is 19.0 Å². The molecule has 0 spiro atoms. The van der Waals surface area contributed by atoms with Gasteiger partial charge in [-0.15, -0.1) is 0 Å². The number of nitrogens with zero attached hydrogens (tertiary/aromatic N) is 1. The van der Waals surface area contributed by atoms with Crippen molar-refractivity contribution in [2.45, 2.75) is 51.6 Å². The highest BCUT2D eigenvalue weighted by Crippen LogP contribution is 2.31. The Morgan fingerprint density at radius 2 is 1.69 bits per heavy atom. The van der Waals surface area contributed by atoms with Crippen LogP contribution in [0.25, 0.3) is 17.2 Å². The molecule has 3 aromatic carbocycles. The van der Waals surface area contributed by atoms with Crippen LogP contribution in [0.5, 0.6) is 5.75 Å². The van der Waals surface area contributed by atoms with Gasteiger partial charge in [0, 0.05) is 35.8 Å². The molecule has 1 amide bonds. The zero-order valence-electron chi connectivity index (χ0n) is 20.7. The van der Waals surface area contributed by atoms with Crippen LogP contribution in [0.1, 0.15) is 48.8 Å². The predicted molar refractivity (Wildman–Crippen MR) is 143 cm³/mol. The molecule has 35 heavy (non-hydrogen) atoms. The van der Waals surface area contributed by atoms with Gasteiger partial charge >= 0.3 is 0 Å². The number of aryl methyl sites for hydroxylation is 1. The minimum Gasteiger partial charge on any atom is -0.493 e. The molecule has 0 unspecified atom stereocenters. The molecule has 4 nitrogen and oxygen atoms in total. The van der Waals surface area contributed by atoms with E-state index < -0.39 is 0 Å². The molecule has 5 rings (SSSR count). The van der Waals surface area contributed by atoms with Gasteiger partial charge in [-0.3, -0.25) is 9.69 Å². The smallest absolute Gasteiger partial charge is 0.251 e. The van der Waals surface area contributed by atoms with Crippen molar-refractivity contribution < 1.29 is 9.53 Å². The fourth-order valence-corrected chi connectivity index (χ4v) is 5.10. The molecule has 0 radical (unpaired) electrons. The summed E-state index contributed by atoms with van der Waals surface area (Å²) < 4.78 is 5.95. The summed E-state index contributed by atoms with van der Waals surface area (Å²) >= 11 is 0. The lowest BCUT2D eigenvalue weighted by Gasteiger charge is -2.24. The van der Waals surface area contributed by atoms with Crippen LogP contribution in [-0.2, 0) is 11.3 Å². The molecule has 1 fully saturated rings. The van der Waals surface area contributed by atoms with E-state index in [1.54, 1.807) is 0 Å². The van der Waals surface area contributed by atoms with Gasteiger partial charge in [-0.1, -0.05) is 60.9 Å². The third-order valence-corrected chi connectivity index (χ3v) is 7.24. The molecule has 1 heterocycles. The van der Waals surface area contributed by atoms with E-state index in [1.165, 1.54) is 36.8 Å². The standard InChI is InChI=1S/C31H34N2O2/c1-22-7-11-24(12-8-22)25-13-16-30-27(19-25)20-26(17-18-35-30)31(34)32-28-14-9-23(10-15-28)21-33(2)29-5-3-4-6-29/h7-16,19-20,29H,3-6,17-18,21H2,1-2H3,(H,32,34). The first-order chi connectivity index (χ1) is 17.0. The van der Waals surface area contributed by atoms with Crippen molar-refractivity contribution >= 4 is 17.7 Å². The van der Waals surface area contributed by atoms with E-state index in [0.717, 1.165) is 40.2 Å².